The van der Waals surface area contributed by atoms with Gasteiger partial charge >= 0.3 is 0 Å². The molecule has 2 aromatic heterocycles. The fourth-order valence-electron chi connectivity index (χ4n) is 1.76. The topological polar surface area (TPSA) is 37.8 Å². The van der Waals surface area contributed by atoms with Gasteiger partial charge in [0, 0.05) is 13.5 Å². The van der Waals surface area contributed by atoms with Gasteiger partial charge in [0.2, 0.25) is 0 Å². The van der Waals surface area contributed by atoms with Gasteiger partial charge in [-0.25, -0.2) is 9.97 Å². The van der Waals surface area contributed by atoms with Crippen LogP contribution in [0.25, 0.3) is 10.2 Å². The molecule has 0 aromatic carbocycles. The maximum absolute atomic E-state index is 4.59. The highest BCUT2D eigenvalue weighted by Crippen LogP contribution is 2.33. The number of anilines is 1. The molecule has 1 saturated carbocycles. The summed E-state index contributed by atoms with van der Waals surface area (Å²) < 4.78 is 0. The summed E-state index contributed by atoms with van der Waals surface area (Å²) >= 11 is 1.69. The van der Waals surface area contributed by atoms with Crippen molar-refractivity contribution in [3.63, 3.8) is 0 Å². The Balaban J connectivity index is 2.06. The van der Waals surface area contributed by atoms with Crippen LogP contribution >= 0.6 is 11.3 Å². The van der Waals surface area contributed by atoms with E-state index in [4.69, 9.17) is 0 Å². The van der Waals surface area contributed by atoms with Crippen LogP contribution in [0.5, 0.6) is 0 Å². The van der Waals surface area contributed by atoms with Crippen molar-refractivity contribution in [1.29, 1.82) is 0 Å². The summed E-state index contributed by atoms with van der Waals surface area (Å²) in [6.07, 6.45) is 3.74. The summed E-state index contributed by atoms with van der Waals surface area (Å²) in [5.41, 5.74) is 0. The maximum atomic E-state index is 4.59. The van der Waals surface area contributed by atoms with Crippen molar-refractivity contribution in [2.24, 2.45) is 5.92 Å². The Kier molecular flexibility index (Phi) is 2.09. The Morgan fingerprint density at radius 2 is 2.33 bits per heavy atom. The minimum Gasteiger partial charge on any atom is -0.372 e. The fraction of sp³-hybridized carbons (Fsp3) is 0.455. The van der Waals surface area contributed by atoms with E-state index in [0.29, 0.717) is 0 Å². The number of hydrogen-bond acceptors (Lipinski definition) is 4. The van der Waals surface area contributed by atoms with Gasteiger partial charge in [0.05, 0.1) is 5.39 Å². The molecule has 2 heterocycles. The highest BCUT2D eigenvalue weighted by atomic mass is 32.1. The molecule has 1 aliphatic rings. The van der Waals surface area contributed by atoms with Crippen LogP contribution in [0.3, 0.4) is 0 Å². The molecule has 1 N–H and O–H groups in total. The van der Waals surface area contributed by atoms with Gasteiger partial charge in [0.1, 0.15) is 16.5 Å². The van der Waals surface area contributed by atoms with Gasteiger partial charge in [-0.15, -0.1) is 11.3 Å². The number of rotatable bonds is 3. The number of hydrogen-bond donors (Lipinski definition) is 1. The molecule has 3 nitrogen and oxygen atoms in total. The van der Waals surface area contributed by atoms with E-state index in [-0.39, 0.29) is 0 Å². The first kappa shape index (κ1) is 9.09. The molecule has 15 heavy (non-hydrogen) atoms. The Bertz CT molecular complexity index is 488. The summed E-state index contributed by atoms with van der Waals surface area (Å²) in [6.45, 7) is 0. The van der Waals surface area contributed by atoms with Crippen LogP contribution in [0.4, 0.5) is 5.82 Å². The second-order valence-corrected chi connectivity index (χ2v) is 4.92. The van der Waals surface area contributed by atoms with Crippen molar-refractivity contribution in [3.8, 4) is 0 Å². The van der Waals surface area contributed by atoms with Gasteiger partial charge in [-0.05, 0) is 30.2 Å². The normalized spacial score (nSPS) is 15.8. The molecule has 1 aliphatic carbocycles. The Hall–Kier alpha value is -1.16. The first-order valence-corrected chi connectivity index (χ1v) is 6.16. The molecule has 0 radical (unpaired) electrons. The molecule has 4 heteroatoms. The maximum Gasteiger partial charge on any atom is 0.138 e. The standard InChI is InChI=1S/C11H13N3S/c1-12-10-8-4-5-15-11(8)14-9(13-10)6-7-2-3-7/h4-5,7H,2-3,6H2,1H3,(H,12,13,14). The van der Waals surface area contributed by atoms with Gasteiger partial charge in [-0.2, -0.15) is 0 Å². The van der Waals surface area contributed by atoms with Crippen LogP contribution in [0.15, 0.2) is 11.4 Å². The molecule has 0 bridgehead atoms. The first-order chi connectivity index (χ1) is 7.36. The second-order valence-electron chi connectivity index (χ2n) is 4.03. The Labute approximate surface area is 92.6 Å². The van der Waals surface area contributed by atoms with E-state index in [1.165, 1.54) is 12.8 Å². The first-order valence-electron chi connectivity index (χ1n) is 5.28. The monoisotopic (exact) mass is 219 g/mol. The lowest BCUT2D eigenvalue weighted by Gasteiger charge is -2.04. The number of nitrogens with one attached hydrogen (secondary N) is 1. The third-order valence-electron chi connectivity index (χ3n) is 2.78. The summed E-state index contributed by atoms with van der Waals surface area (Å²) in [5, 5.41) is 6.36. The van der Waals surface area contributed by atoms with Gasteiger partial charge in [0.25, 0.3) is 0 Å². The Morgan fingerprint density at radius 3 is 3.07 bits per heavy atom. The molecular formula is C11H13N3S. The SMILES string of the molecule is CNc1nc(CC2CC2)nc2sccc12. The zero-order valence-corrected chi connectivity index (χ0v) is 9.47. The quantitative estimate of drug-likeness (QED) is 0.862. The highest BCUT2D eigenvalue weighted by Gasteiger charge is 2.23. The van der Waals surface area contributed by atoms with E-state index in [1.807, 2.05) is 7.05 Å². The molecule has 1 fully saturated rings. The summed E-state index contributed by atoms with van der Waals surface area (Å²) in [7, 11) is 1.92. The third-order valence-corrected chi connectivity index (χ3v) is 3.58. The van der Waals surface area contributed by atoms with Crippen molar-refractivity contribution in [2.45, 2.75) is 19.3 Å². The molecule has 0 amide bonds. The van der Waals surface area contributed by atoms with Crippen LogP contribution in [-0.2, 0) is 6.42 Å². The van der Waals surface area contributed by atoms with E-state index < -0.39 is 0 Å². The third kappa shape index (κ3) is 1.69. The van der Waals surface area contributed by atoms with E-state index in [0.717, 1.165) is 34.2 Å². The molecule has 0 saturated heterocycles. The second kappa shape index (κ2) is 3.45. The summed E-state index contributed by atoms with van der Waals surface area (Å²) in [4.78, 5) is 10.2. The van der Waals surface area contributed by atoms with Crippen molar-refractivity contribution in [1.82, 2.24) is 9.97 Å². The van der Waals surface area contributed by atoms with E-state index in [9.17, 15) is 0 Å². The van der Waals surface area contributed by atoms with Crippen molar-refractivity contribution < 1.29 is 0 Å². The molecule has 0 spiro atoms. The van der Waals surface area contributed by atoms with Crippen LogP contribution in [0.2, 0.25) is 0 Å². The van der Waals surface area contributed by atoms with Gasteiger partial charge in [0.15, 0.2) is 0 Å². The predicted octanol–water partition coefficient (Wildman–Crippen LogP) is 2.69. The van der Waals surface area contributed by atoms with Crippen molar-refractivity contribution >= 4 is 27.4 Å². The number of thiophene rings is 1. The van der Waals surface area contributed by atoms with Crippen molar-refractivity contribution in [2.75, 3.05) is 12.4 Å². The van der Waals surface area contributed by atoms with Crippen LogP contribution in [0, 0.1) is 5.92 Å². The number of fused-ring (bicyclic) bond motifs is 1. The Morgan fingerprint density at radius 1 is 1.47 bits per heavy atom. The fourth-order valence-corrected chi connectivity index (χ4v) is 2.54. The van der Waals surface area contributed by atoms with Crippen LogP contribution in [0.1, 0.15) is 18.7 Å². The van der Waals surface area contributed by atoms with Gasteiger partial charge in [-0.1, -0.05) is 0 Å². The zero-order valence-electron chi connectivity index (χ0n) is 8.66. The molecular weight excluding hydrogens is 206 g/mol. The lowest BCUT2D eigenvalue weighted by Crippen LogP contribution is -2.01. The minimum atomic E-state index is 0.840. The number of aromatic nitrogens is 2. The highest BCUT2D eigenvalue weighted by molar-refractivity contribution is 7.16. The smallest absolute Gasteiger partial charge is 0.138 e. The van der Waals surface area contributed by atoms with Gasteiger partial charge in [-0.3, -0.25) is 0 Å². The average Bonchev–Trinajstić information content (AvgIpc) is 2.93. The van der Waals surface area contributed by atoms with Gasteiger partial charge < -0.3 is 5.32 Å². The number of nitrogens with zero attached hydrogens (tertiary/aromatic N) is 2. The largest absolute Gasteiger partial charge is 0.372 e. The predicted molar refractivity (Wildman–Crippen MR) is 63.4 cm³/mol. The van der Waals surface area contributed by atoms with Crippen molar-refractivity contribution in [3.05, 3.63) is 17.3 Å². The molecule has 3 rings (SSSR count). The average molecular weight is 219 g/mol. The summed E-state index contributed by atoms with van der Waals surface area (Å²) in [6, 6.07) is 2.08. The lowest BCUT2D eigenvalue weighted by molar-refractivity contribution is 0.778. The van der Waals surface area contributed by atoms with Crippen LogP contribution < -0.4 is 5.32 Å². The molecule has 78 valence electrons. The van der Waals surface area contributed by atoms with E-state index in [1.54, 1.807) is 11.3 Å². The molecule has 0 unspecified atom stereocenters. The van der Waals surface area contributed by atoms with Crippen LogP contribution in [-0.4, -0.2) is 17.0 Å². The summed E-state index contributed by atoms with van der Waals surface area (Å²) in [5.74, 6) is 2.81. The molecule has 0 atom stereocenters. The molecule has 2 aromatic rings. The van der Waals surface area contributed by atoms with E-state index >= 15 is 0 Å². The zero-order chi connectivity index (χ0) is 10.3. The lowest BCUT2D eigenvalue weighted by atomic mass is 10.2. The molecule has 0 aliphatic heterocycles. The van der Waals surface area contributed by atoms with E-state index in [2.05, 4.69) is 26.7 Å². The minimum absolute atomic E-state index is 0.840.